The Morgan fingerprint density at radius 3 is 1.15 bits per heavy atom. The van der Waals surface area contributed by atoms with E-state index in [9.17, 15) is 0 Å². The molecule has 4 heteroatoms. The topological polar surface area (TPSA) is 30.5 Å². The number of piperazine rings is 1. The minimum absolute atomic E-state index is 0.123. The fourth-order valence-electron chi connectivity index (χ4n) is 8.04. The molecule has 288 valence electrons. The lowest BCUT2D eigenvalue weighted by molar-refractivity contribution is 0.00543. The third-order valence-corrected chi connectivity index (χ3v) is 11.4. The van der Waals surface area contributed by atoms with Crippen LogP contribution in [0.3, 0.4) is 0 Å². The molecule has 0 aromatic rings. The predicted octanol–water partition coefficient (Wildman–Crippen LogP) is 12.7. The lowest BCUT2D eigenvalue weighted by atomic mass is 10.00. The summed E-state index contributed by atoms with van der Waals surface area (Å²) in [5.41, 5.74) is 0.123. The summed E-state index contributed by atoms with van der Waals surface area (Å²) in [5, 5.41) is 7.88. The summed E-state index contributed by atoms with van der Waals surface area (Å²) in [6.07, 6.45) is 44.0. The van der Waals surface area contributed by atoms with E-state index in [-0.39, 0.29) is 5.66 Å². The third kappa shape index (κ3) is 25.7. The maximum absolute atomic E-state index is 4.24. The van der Waals surface area contributed by atoms with E-state index < -0.39 is 0 Å². The van der Waals surface area contributed by atoms with Gasteiger partial charge < -0.3 is 10.2 Å². The second-order valence-electron chi connectivity index (χ2n) is 15.9. The highest BCUT2D eigenvalue weighted by Gasteiger charge is 2.36. The molecule has 2 N–H and O–H groups in total. The molecule has 0 radical (unpaired) electrons. The molecular formula is C44H92N4. The molecule has 4 nitrogen and oxygen atoms in total. The molecule has 0 aromatic carbocycles. The Balaban J connectivity index is 2.60. The molecule has 0 aliphatic carbocycles. The Kier molecular flexibility index (Phi) is 33.7. The Bertz CT molecular complexity index is 597. The van der Waals surface area contributed by atoms with Crippen LogP contribution in [0.15, 0.2) is 0 Å². The highest BCUT2D eigenvalue weighted by atomic mass is 15.4. The van der Waals surface area contributed by atoms with E-state index in [4.69, 9.17) is 0 Å². The highest BCUT2D eigenvalue weighted by molar-refractivity contribution is 4.92. The number of hydrogen-bond acceptors (Lipinski definition) is 4. The van der Waals surface area contributed by atoms with Crippen LogP contribution in [0, 0.1) is 0 Å². The second-order valence-corrected chi connectivity index (χ2v) is 15.9. The second kappa shape index (κ2) is 35.3. The van der Waals surface area contributed by atoms with E-state index in [0.717, 1.165) is 13.1 Å². The maximum atomic E-state index is 4.24. The van der Waals surface area contributed by atoms with Gasteiger partial charge in [-0.05, 0) is 45.3 Å². The van der Waals surface area contributed by atoms with E-state index in [1.807, 2.05) is 0 Å². The Labute approximate surface area is 304 Å². The first-order valence-electron chi connectivity index (χ1n) is 22.7. The van der Waals surface area contributed by atoms with Gasteiger partial charge in [-0.15, -0.1) is 0 Å². The molecule has 0 bridgehead atoms. The van der Waals surface area contributed by atoms with E-state index in [1.165, 1.54) is 238 Å². The van der Waals surface area contributed by atoms with Crippen LogP contribution in [0.2, 0.25) is 0 Å². The molecule has 1 aliphatic heterocycles. The fraction of sp³-hybridized carbons (Fsp3) is 1.00. The monoisotopic (exact) mass is 677 g/mol. The zero-order valence-electron chi connectivity index (χ0n) is 34.0. The van der Waals surface area contributed by atoms with Gasteiger partial charge in [-0.1, -0.05) is 201 Å². The summed E-state index contributed by atoms with van der Waals surface area (Å²) in [7, 11) is 0. The van der Waals surface area contributed by atoms with Gasteiger partial charge in [0, 0.05) is 32.7 Å². The molecule has 1 atom stereocenters. The van der Waals surface area contributed by atoms with E-state index in [2.05, 4.69) is 48.1 Å². The Morgan fingerprint density at radius 1 is 0.458 bits per heavy atom. The molecule has 1 saturated heterocycles. The zero-order valence-corrected chi connectivity index (χ0v) is 34.0. The minimum atomic E-state index is 0.123. The van der Waals surface area contributed by atoms with Gasteiger partial charge in [0.05, 0.1) is 5.66 Å². The van der Waals surface area contributed by atoms with Crippen molar-refractivity contribution in [3.05, 3.63) is 0 Å². The summed E-state index contributed by atoms with van der Waals surface area (Å²) in [6.45, 7) is 19.0. The Morgan fingerprint density at radius 2 is 0.792 bits per heavy atom. The van der Waals surface area contributed by atoms with Crippen molar-refractivity contribution in [2.75, 3.05) is 52.4 Å². The van der Waals surface area contributed by atoms with Crippen LogP contribution in [0.1, 0.15) is 227 Å². The smallest absolute Gasteiger partial charge is 0.0841 e. The van der Waals surface area contributed by atoms with Crippen LogP contribution in [0.25, 0.3) is 0 Å². The van der Waals surface area contributed by atoms with Crippen molar-refractivity contribution >= 4 is 0 Å². The van der Waals surface area contributed by atoms with Gasteiger partial charge in [0.15, 0.2) is 0 Å². The Hall–Kier alpha value is -0.160. The quantitative estimate of drug-likeness (QED) is 0.0637. The average Bonchev–Trinajstić information content (AvgIpc) is 3.11. The van der Waals surface area contributed by atoms with Gasteiger partial charge >= 0.3 is 0 Å². The van der Waals surface area contributed by atoms with E-state index >= 15 is 0 Å². The van der Waals surface area contributed by atoms with E-state index in [1.54, 1.807) is 0 Å². The number of rotatable bonds is 38. The van der Waals surface area contributed by atoms with Gasteiger partial charge in [-0.2, -0.15) is 0 Å². The standard InChI is InChI=1S/C44H92N4/c1-5-9-12-15-18-21-24-27-30-33-36-46-44(8-4,48-41-37-45-38-42-48)43-47(39-34-31-28-25-22-19-16-13-10-6-2)40-35-32-29-26-23-20-17-14-11-7-3/h45-46H,5-43H2,1-4H3. The highest BCUT2D eigenvalue weighted by Crippen LogP contribution is 2.22. The molecule has 1 aliphatic rings. The maximum Gasteiger partial charge on any atom is 0.0841 e. The number of nitrogens with one attached hydrogen (secondary N) is 2. The predicted molar refractivity (Wildman–Crippen MR) is 217 cm³/mol. The summed E-state index contributed by atoms with van der Waals surface area (Å²) in [6, 6.07) is 0. The van der Waals surface area contributed by atoms with Crippen molar-refractivity contribution in [3.63, 3.8) is 0 Å². The van der Waals surface area contributed by atoms with Gasteiger partial charge in [-0.25, -0.2) is 0 Å². The van der Waals surface area contributed by atoms with Gasteiger partial charge in [0.1, 0.15) is 0 Å². The average molecular weight is 677 g/mol. The minimum Gasteiger partial charge on any atom is -0.314 e. The normalized spacial score (nSPS) is 15.4. The molecule has 0 aromatic heterocycles. The summed E-state index contributed by atoms with van der Waals surface area (Å²) < 4.78 is 0. The van der Waals surface area contributed by atoms with Crippen molar-refractivity contribution in [1.82, 2.24) is 20.4 Å². The molecule has 0 saturated carbocycles. The van der Waals surface area contributed by atoms with Crippen LogP contribution in [-0.4, -0.2) is 67.8 Å². The van der Waals surface area contributed by atoms with Crippen molar-refractivity contribution in [3.8, 4) is 0 Å². The van der Waals surface area contributed by atoms with Crippen LogP contribution < -0.4 is 10.6 Å². The summed E-state index contributed by atoms with van der Waals surface area (Å²) >= 11 is 0. The van der Waals surface area contributed by atoms with Gasteiger partial charge in [0.25, 0.3) is 0 Å². The molecule has 48 heavy (non-hydrogen) atoms. The molecule has 0 amide bonds. The van der Waals surface area contributed by atoms with Gasteiger partial charge in [-0.3, -0.25) is 10.2 Å². The van der Waals surface area contributed by atoms with Crippen LogP contribution in [0.5, 0.6) is 0 Å². The zero-order chi connectivity index (χ0) is 34.6. The van der Waals surface area contributed by atoms with Gasteiger partial charge in [0.2, 0.25) is 0 Å². The van der Waals surface area contributed by atoms with Crippen LogP contribution >= 0.6 is 0 Å². The molecule has 1 rings (SSSR count). The van der Waals surface area contributed by atoms with Crippen LogP contribution in [-0.2, 0) is 0 Å². The molecule has 1 unspecified atom stereocenters. The first-order chi connectivity index (χ1) is 23.7. The lowest BCUT2D eigenvalue weighted by Gasteiger charge is -2.48. The SMILES string of the molecule is CCCCCCCCCCCCNC(CC)(CN(CCCCCCCCCCCC)CCCCCCCCCCCC)N1CCNCC1. The van der Waals surface area contributed by atoms with Crippen molar-refractivity contribution in [2.45, 2.75) is 232 Å². The number of unbranched alkanes of at least 4 members (excludes halogenated alkanes) is 27. The molecule has 1 heterocycles. The third-order valence-electron chi connectivity index (χ3n) is 11.4. The largest absolute Gasteiger partial charge is 0.314 e. The van der Waals surface area contributed by atoms with Crippen molar-refractivity contribution in [1.29, 1.82) is 0 Å². The number of hydrogen-bond donors (Lipinski definition) is 2. The summed E-state index contributed by atoms with van der Waals surface area (Å²) in [4.78, 5) is 5.75. The molecule has 1 fully saturated rings. The van der Waals surface area contributed by atoms with Crippen molar-refractivity contribution in [2.24, 2.45) is 0 Å². The first-order valence-corrected chi connectivity index (χ1v) is 22.7. The number of nitrogens with zero attached hydrogens (tertiary/aromatic N) is 2. The molecular weight excluding hydrogens is 585 g/mol. The first kappa shape index (κ1) is 45.9. The van der Waals surface area contributed by atoms with Crippen molar-refractivity contribution < 1.29 is 0 Å². The lowest BCUT2D eigenvalue weighted by Crippen LogP contribution is -2.67. The summed E-state index contributed by atoms with van der Waals surface area (Å²) in [5.74, 6) is 0. The fourth-order valence-corrected chi connectivity index (χ4v) is 8.04. The van der Waals surface area contributed by atoms with Crippen LogP contribution in [0.4, 0.5) is 0 Å². The molecule has 0 spiro atoms. The van der Waals surface area contributed by atoms with E-state index in [0.29, 0.717) is 0 Å².